The van der Waals surface area contributed by atoms with Crippen LogP contribution in [0.3, 0.4) is 0 Å². The van der Waals surface area contributed by atoms with Crippen molar-refractivity contribution in [1.82, 2.24) is 10.1 Å². The Morgan fingerprint density at radius 3 is 2.75 bits per heavy atom. The fraction of sp³-hybridized carbons (Fsp3) is 0.308. The normalized spacial score (nSPS) is 10.3. The average Bonchev–Trinajstić information content (AvgIpc) is 2.83. The fourth-order valence-electron chi connectivity index (χ4n) is 1.57. The zero-order chi connectivity index (χ0) is 14.5. The van der Waals surface area contributed by atoms with E-state index in [0.29, 0.717) is 29.8 Å². The summed E-state index contributed by atoms with van der Waals surface area (Å²) in [5, 5.41) is 12.6. The van der Waals surface area contributed by atoms with Gasteiger partial charge in [-0.1, -0.05) is 5.16 Å². The Hall–Kier alpha value is -2.57. The summed E-state index contributed by atoms with van der Waals surface area (Å²) >= 11 is 0. The highest BCUT2D eigenvalue weighted by Gasteiger charge is 2.12. The predicted molar refractivity (Wildman–Crippen MR) is 67.9 cm³/mol. The number of ether oxygens (including phenoxy) is 2. The van der Waals surface area contributed by atoms with Gasteiger partial charge in [-0.2, -0.15) is 4.98 Å². The molecule has 1 aromatic carbocycles. The van der Waals surface area contributed by atoms with Crippen LogP contribution in [0, 0.1) is 6.92 Å². The van der Waals surface area contributed by atoms with Crippen LogP contribution in [0.15, 0.2) is 22.7 Å². The molecule has 20 heavy (non-hydrogen) atoms. The van der Waals surface area contributed by atoms with E-state index >= 15 is 0 Å². The molecular weight excluding hydrogens is 264 g/mol. The number of benzene rings is 1. The maximum Gasteiger partial charge on any atom is 0.335 e. The zero-order valence-electron chi connectivity index (χ0n) is 11.1. The lowest BCUT2D eigenvalue weighted by Crippen LogP contribution is -2.02. The first kappa shape index (κ1) is 13.9. The van der Waals surface area contributed by atoms with Gasteiger partial charge in [0.25, 0.3) is 5.89 Å². The van der Waals surface area contributed by atoms with Gasteiger partial charge in [-0.05, 0) is 32.0 Å². The molecule has 0 radical (unpaired) electrons. The van der Waals surface area contributed by atoms with Crippen LogP contribution in [0.1, 0.15) is 29.0 Å². The second-order valence-corrected chi connectivity index (χ2v) is 3.92. The van der Waals surface area contributed by atoms with Crippen molar-refractivity contribution in [3.63, 3.8) is 0 Å². The minimum Gasteiger partial charge on any atom is -0.490 e. The predicted octanol–water partition coefficient (Wildman–Crippen LogP) is 2.05. The molecule has 0 saturated carbocycles. The van der Waals surface area contributed by atoms with E-state index in [4.69, 9.17) is 19.1 Å². The minimum atomic E-state index is -1.02. The Kier molecular flexibility index (Phi) is 4.19. The number of hydrogen-bond donors (Lipinski definition) is 1. The first-order valence-electron chi connectivity index (χ1n) is 6.02. The average molecular weight is 278 g/mol. The Bertz CT molecular complexity index is 609. The van der Waals surface area contributed by atoms with Crippen LogP contribution in [0.4, 0.5) is 0 Å². The quantitative estimate of drug-likeness (QED) is 0.863. The van der Waals surface area contributed by atoms with E-state index in [1.54, 1.807) is 13.8 Å². The monoisotopic (exact) mass is 278 g/mol. The molecule has 0 unspecified atom stereocenters. The van der Waals surface area contributed by atoms with E-state index in [1.165, 1.54) is 18.2 Å². The maximum atomic E-state index is 10.9. The van der Waals surface area contributed by atoms with Gasteiger partial charge in [-0.25, -0.2) is 4.79 Å². The number of carboxylic acids is 1. The summed E-state index contributed by atoms with van der Waals surface area (Å²) in [4.78, 5) is 14.9. The van der Waals surface area contributed by atoms with Gasteiger partial charge >= 0.3 is 5.97 Å². The Balaban J connectivity index is 2.15. The van der Waals surface area contributed by atoms with Gasteiger partial charge in [-0.3, -0.25) is 0 Å². The Morgan fingerprint density at radius 1 is 1.35 bits per heavy atom. The van der Waals surface area contributed by atoms with Crippen molar-refractivity contribution in [3.8, 4) is 11.5 Å². The third kappa shape index (κ3) is 3.25. The van der Waals surface area contributed by atoms with Crippen molar-refractivity contribution in [3.05, 3.63) is 35.5 Å². The summed E-state index contributed by atoms with van der Waals surface area (Å²) in [7, 11) is 0. The molecule has 2 aromatic rings. The number of aryl methyl sites for hydroxylation is 1. The molecule has 1 heterocycles. The fourth-order valence-corrected chi connectivity index (χ4v) is 1.57. The third-order valence-corrected chi connectivity index (χ3v) is 2.41. The summed E-state index contributed by atoms with van der Waals surface area (Å²) in [5.41, 5.74) is 0.134. The number of aromatic carboxylic acids is 1. The molecule has 0 aliphatic rings. The SMILES string of the molecule is CCOc1cc(C(=O)O)ccc1OCc1nc(C)no1. The molecule has 0 bridgehead atoms. The van der Waals surface area contributed by atoms with E-state index in [-0.39, 0.29) is 12.2 Å². The lowest BCUT2D eigenvalue weighted by molar-refractivity contribution is 0.0696. The molecule has 0 spiro atoms. The van der Waals surface area contributed by atoms with E-state index in [1.807, 2.05) is 0 Å². The van der Waals surface area contributed by atoms with Crippen LogP contribution in [-0.2, 0) is 6.61 Å². The van der Waals surface area contributed by atoms with Gasteiger partial charge in [0.2, 0.25) is 0 Å². The number of hydrogen-bond acceptors (Lipinski definition) is 6. The molecular formula is C13H14N2O5. The van der Waals surface area contributed by atoms with Crippen LogP contribution >= 0.6 is 0 Å². The number of aromatic nitrogens is 2. The lowest BCUT2D eigenvalue weighted by Gasteiger charge is -2.11. The second kappa shape index (κ2) is 6.05. The molecule has 0 aliphatic heterocycles. The first-order chi connectivity index (χ1) is 9.60. The molecule has 7 nitrogen and oxygen atoms in total. The van der Waals surface area contributed by atoms with E-state index in [2.05, 4.69) is 10.1 Å². The van der Waals surface area contributed by atoms with E-state index in [0.717, 1.165) is 0 Å². The first-order valence-corrected chi connectivity index (χ1v) is 6.02. The molecule has 1 aromatic heterocycles. The third-order valence-electron chi connectivity index (χ3n) is 2.41. The largest absolute Gasteiger partial charge is 0.490 e. The smallest absolute Gasteiger partial charge is 0.335 e. The van der Waals surface area contributed by atoms with Crippen molar-refractivity contribution in [1.29, 1.82) is 0 Å². The highest BCUT2D eigenvalue weighted by molar-refractivity contribution is 5.88. The summed E-state index contributed by atoms with van der Waals surface area (Å²) in [6, 6.07) is 4.40. The van der Waals surface area contributed by atoms with Crippen LogP contribution in [0.5, 0.6) is 11.5 Å². The molecule has 2 rings (SSSR count). The standard InChI is InChI=1S/C13H14N2O5/c1-3-18-11-6-9(13(16)17)4-5-10(11)19-7-12-14-8(2)15-20-12/h4-6H,3,7H2,1-2H3,(H,16,17). The lowest BCUT2D eigenvalue weighted by atomic mass is 10.2. The van der Waals surface area contributed by atoms with Gasteiger partial charge in [0.1, 0.15) is 0 Å². The van der Waals surface area contributed by atoms with E-state index in [9.17, 15) is 4.79 Å². The Morgan fingerprint density at radius 2 is 2.15 bits per heavy atom. The summed E-state index contributed by atoms with van der Waals surface area (Å²) < 4.78 is 15.8. The van der Waals surface area contributed by atoms with Crippen LogP contribution < -0.4 is 9.47 Å². The van der Waals surface area contributed by atoms with Gasteiger partial charge in [0.15, 0.2) is 23.9 Å². The van der Waals surface area contributed by atoms with Crippen molar-refractivity contribution in [2.75, 3.05) is 6.61 Å². The molecule has 0 amide bonds. The molecule has 0 atom stereocenters. The molecule has 0 fully saturated rings. The van der Waals surface area contributed by atoms with Gasteiger partial charge in [0.05, 0.1) is 12.2 Å². The maximum absolute atomic E-state index is 10.9. The molecule has 1 N–H and O–H groups in total. The van der Waals surface area contributed by atoms with Gasteiger partial charge < -0.3 is 19.1 Å². The van der Waals surface area contributed by atoms with Gasteiger partial charge in [0, 0.05) is 0 Å². The summed E-state index contributed by atoms with van der Waals surface area (Å²) in [6.45, 7) is 4.01. The van der Waals surface area contributed by atoms with E-state index < -0.39 is 5.97 Å². The number of nitrogens with zero attached hydrogens (tertiary/aromatic N) is 2. The Labute approximate surface area is 115 Å². The summed E-state index contributed by atoms with van der Waals surface area (Å²) in [5.74, 6) is 0.628. The zero-order valence-corrected chi connectivity index (χ0v) is 11.1. The van der Waals surface area contributed by atoms with Crippen LogP contribution in [0.25, 0.3) is 0 Å². The molecule has 7 heteroatoms. The minimum absolute atomic E-state index is 0.0906. The van der Waals surface area contributed by atoms with Crippen molar-refractivity contribution in [2.24, 2.45) is 0 Å². The molecule has 106 valence electrons. The second-order valence-electron chi connectivity index (χ2n) is 3.92. The van der Waals surface area contributed by atoms with Crippen LogP contribution in [-0.4, -0.2) is 27.8 Å². The highest BCUT2D eigenvalue weighted by atomic mass is 16.5. The molecule has 0 saturated heterocycles. The number of carbonyl (C=O) groups is 1. The topological polar surface area (TPSA) is 94.7 Å². The van der Waals surface area contributed by atoms with Crippen molar-refractivity contribution >= 4 is 5.97 Å². The highest BCUT2D eigenvalue weighted by Crippen LogP contribution is 2.29. The molecule has 0 aliphatic carbocycles. The number of rotatable bonds is 6. The summed E-state index contributed by atoms with van der Waals surface area (Å²) in [6.07, 6.45) is 0. The van der Waals surface area contributed by atoms with Crippen LogP contribution in [0.2, 0.25) is 0 Å². The van der Waals surface area contributed by atoms with Crippen molar-refractivity contribution in [2.45, 2.75) is 20.5 Å². The number of carboxylic acid groups (broad SMARTS) is 1. The van der Waals surface area contributed by atoms with Gasteiger partial charge in [-0.15, -0.1) is 0 Å². The van der Waals surface area contributed by atoms with Crippen molar-refractivity contribution < 1.29 is 23.9 Å².